The molecule has 0 radical (unpaired) electrons. The zero-order valence-corrected chi connectivity index (χ0v) is 10.5. The number of nitrogens with one attached hydrogen (secondary N) is 1. The molecule has 0 aliphatic heterocycles. The number of anilines is 2. The van der Waals surface area contributed by atoms with Crippen molar-refractivity contribution in [3.63, 3.8) is 0 Å². The summed E-state index contributed by atoms with van der Waals surface area (Å²) in [6.07, 6.45) is 0. The molecule has 0 saturated carbocycles. The Morgan fingerprint density at radius 2 is 2.12 bits per heavy atom. The molecular weight excluding hydrogens is 232 g/mol. The molecule has 3 rings (SSSR count). The van der Waals surface area contributed by atoms with E-state index in [-0.39, 0.29) is 0 Å². The van der Waals surface area contributed by atoms with Crippen LogP contribution < -0.4 is 5.32 Å². The van der Waals surface area contributed by atoms with E-state index >= 15 is 0 Å². The molecule has 4 nitrogen and oxygen atoms in total. The SMILES string of the molecule is Cc1cc(Nc2nn(C)c3ccccc23)sn1. The highest BCUT2D eigenvalue weighted by atomic mass is 32.1. The van der Waals surface area contributed by atoms with Crippen LogP contribution in [-0.2, 0) is 7.05 Å². The lowest BCUT2D eigenvalue weighted by atomic mass is 10.2. The number of rotatable bonds is 2. The first-order chi connectivity index (χ1) is 8.24. The van der Waals surface area contributed by atoms with Crippen LogP contribution in [0.15, 0.2) is 30.3 Å². The van der Waals surface area contributed by atoms with Crippen molar-refractivity contribution in [3.8, 4) is 0 Å². The number of aromatic nitrogens is 3. The highest BCUT2D eigenvalue weighted by Crippen LogP contribution is 2.27. The molecule has 0 bridgehead atoms. The van der Waals surface area contributed by atoms with Crippen LogP contribution in [0.4, 0.5) is 10.8 Å². The maximum atomic E-state index is 4.48. The minimum Gasteiger partial charge on any atom is -0.329 e. The molecule has 0 unspecified atom stereocenters. The van der Waals surface area contributed by atoms with Gasteiger partial charge in [-0.3, -0.25) is 4.68 Å². The van der Waals surface area contributed by atoms with Crippen LogP contribution in [0.25, 0.3) is 10.9 Å². The Hall–Kier alpha value is -1.88. The Kier molecular flexibility index (Phi) is 2.33. The van der Waals surface area contributed by atoms with E-state index in [9.17, 15) is 0 Å². The molecule has 1 N–H and O–H groups in total. The van der Waals surface area contributed by atoms with Gasteiger partial charge >= 0.3 is 0 Å². The molecule has 0 aliphatic rings. The summed E-state index contributed by atoms with van der Waals surface area (Å²) >= 11 is 1.45. The summed E-state index contributed by atoms with van der Waals surface area (Å²) in [4.78, 5) is 0. The van der Waals surface area contributed by atoms with E-state index in [1.165, 1.54) is 11.5 Å². The second-order valence-corrected chi connectivity index (χ2v) is 4.75. The lowest BCUT2D eigenvalue weighted by Gasteiger charge is -1.97. The summed E-state index contributed by atoms with van der Waals surface area (Å²) in [6, 6.07) is 10.2. The molecule has 0 spiro atoms. The van der Waals surface area contributed by atoms with E-state index in [1.54, 1.807) is 0 Å². The predicted molar refractivity (Wildman–Crippen MR) is 70.8 cm³/mol. The summed E-state index contributed by atoms with van der Waals surface area (Å²) in [5.41, 5.74) is 2.15. The average molecular weight is 244 g/mol. The molecule has 1 aromatic carbocycles. The zero-order chi connectivity index (χ0) is 11.8. The third kappa shape index (κ3) is 1.78. The van der Waals surface area contributed by atoms with E-state index < -0.39 is 0 Å². The van der Waals surface area contributed by atoms with Gasteiger partial charge in [0.25, 0.3) is 0 Å². The zero-order valence-electron chi connectivity index (χ0n) is 9.64. The van der Waals surface area contributed by atoms with Gasteiger partial charge in [-0.05, 0) is 36.7 Å². The van der Waals surface area contributed by atoms with Gasteiger partial charge in [-0.15, -0.1) is 0 Å². The molecule has 0 atom stereocenters. The van der Waals surface area contributed by atoms with Gasteiger partial charge in [-0.25, -0.2) is 0 Å². The lowest BCUT2D eigenvalue weighted by molar-refractivity contribution is 0.801. The summed E-state index contributed by atoms with van der Waals surface area (Å²) in [5.74, 6) is 0.881. The topological polar surface area (TPSA) is 42.7 Å². The molecule has 2 heterocycles. The highest BCUT2D eigenvalue weighted by Gasteiger charge is 2.08. The van der Waals surface area contributed by atoms with Gasteiger partial charge in [0, 0.05) is 12.4 Å². The number of para-hydroxylation sites is 1. The average Bonchev–Trinajstić information content (AvgIpc) is 2.86. The van der Waals surface area contributed by atoms with Crippen LogP contribution in [0.2, 0.25) is 0 Å². The van der Waals surface area contributed by atoms with Gasteiger partial charge in [-0.2, -0.15) is 9.47 Å². The minimum atomic E-state index is 0.881. The monoisotopic (exact) mass is 244 g/mol. The van der Waals surface area contributed by atoms with Crippen molar-refractivity contribution < 1.29 is 0 Å². The minimum absolute atomic E-state index is 0.881. The summed E-state index contributed by atoms with van der Waals surface area (Å²) < 4.78 is 6.12. The summed E-state index contributed by atoms with van der Waals surface area (Å²) in [5, 5.41) is 9.94. The molecule has 86 valence electrons. The van der Waals surface area contributed by atoms with E-state index in [0.29, 0.717) is 0 Å². The predicted octanol–water partition coefficient (Wildman–Crippen LogP) is 3.08. The number of benzene rings is 1. The van der Waals surface area contributed by atoms with Gasteiger partial charge in [0.1, 0.15) is 5.00 Å². The molecule has 0 amide bonds. The second-order valence-electron chi connectivity index (χ2n) is 3.95. The Morgan fingerprint density at radius 1 is 1.29 bits per heavy atom. The second kappa shape index (κ2) is 3.85. The molecule has 3 aromatic rings. The Labute approximate surface area is 103 Å². The van der Waals surface area contributed by atoms with Crippen molar-refractivity contribution in [2.45, 2.75) is 6.92 Å². The number of nitrogens with zero attached hydrogens (tertiary/aromatic N) is 3. The van der Waals surface area contributed by atoms with Gasteiger partial charge in [0.15, 0.2) is 5.82 Å². The Morgan fingerprint density at radius 3 is 2.88 bits per heavy atom. The van der Waals surface area contributed by atoms with Gasteiger partial charge in [0.2, 0.25) is 0 Å². The molecule has 17 heavy (non-hydrogen) atoms. The van der Waals surface area contributed by atoms with Crippen molar-refractivity contribution in [2.24, 2.45) is 7.05 Å². The van der Waals surface area contributed by atoms with Crippen molar-refractivity contribution in [2.75, 3.05) is 5.32 Å². The smallest absolute Gasteiger partial charge is 0.160 e. The van der Waals surface area contributed by atoms with E-state index in [0.717, 1.165) is 27.4 Å². The first-order valence-corrected chi connectivity index (χ1v) is 6.13. The molecule has 0 aliphatic carbocycles. The number of hydrogen-bond acceptors (Lipinski definition) is 4. The van der Waals surface area contributed by atoms with Crippen LogP contribution in [0, 0.1) is 6.92 Å². The maximum Gasteiger partial charge on any atom is 0.160 e. The van der Waals surface area contributed by atoms with Gasteiger partial charge < -0.3 is 5.32 Å². The summed E-state index contributed by atoms with van der Waals surface area (Å²) in [6.45, 7) is 1.98. The normalized spacial score (nSPS) is 10.9. The first-order valence-electron chi connectivity index (χ1n) is 5.36. The van der Waals surface area contributed by atoms with E-state index in [4.69, 9.17) is 0 Å². The molecule has 0 fully saturated rings. The van der Waals surface area contributed by atoms with Crippen molar-refractivity contribution in [3.05, 3.63) is 36.0 Å². The standard InChI is InChI=1S/C12H12N4S/c1-8-7-11(17-15-8)13-12-9-5-3-4-6-10(9)16(2)14-12/h3-7H,1-2H3,(H,13,14). The fraction of sp³-hybridized carbons (Fsp3) is 0.167. The van der Waals surface area contributed by atoms with Crippen molar-refractivity contribution in [1.82, 2.24) is 14.2 Å². The third-order valence-electron chi connectivity index (χ3n) is 2.63. The van der Waals surface area contributed by atoms with E-state index in [1.807, 2.05) is 36.9 Å². The summed E-state index contributed by atoms with van der Waals surface area (Å²) in [7, 11) is 1.95. The van der Waals surface area contributed by atoms with E-state index in [2.05, 4.69) is 26.9 Å². The highest BCUT2D eigenvalue weighted by molar-refractivity contribution is 7.10. The molecule has 0 saturated heterocycles. The van der Waals surface area contributed by atoms with Crippen LogP contribution >= 0.6 is 11.5 Å². The molecule has 2 aromatic heterocycles. The van der Waals surface area contributed by atoms with Crippen LogP contribution in [0.1, 0.15) is 5.69 Å². The van der Waals surface area contributed by atoms with Crippen molar-refractivity contribution >= 4 is 33.3 Å². The van der Waals surface area contributed by atoms with Crippen LogP contribution in [0.5, 0.6) is 0 Å². The maximum absolute atomic E-state index is 4.48. The third-order valence-corrected chi connectivity index (χ3v) is 3.42. The Bertz CT molecular complexity index is 668. The number of fused-ring (bicyclic) bond motifs is 1. The fourth-order valence-electron chi connectivity index (χ4n) is 1.85. The van der Waals surface area contributed by atoms with Crippen LogP contribution in [0.3, 0.4) is 0 Å². The quantitative estimate of drug-likeness (QED) is 0.753. The Balaban J connectivity index is 2.06. The van der Waals surface area contributed by atoms with Crippen LogP contribution in [-0.4, -0.2) is 14.2 Å². The fourth-order valence-corrected chi connectivity index (χ4v) is 2.51. The largest absolute Gasteiger partial charge is 0.329 e. The molecular formula is C12H12N4S. The van der Waals surface area contributed by atoms with Gasteiger partial charge in [0.05, 0.1) is 11.2 Å². The first kappa shape index (κ1) is 10.3. The molecule has 5 heteroatoms. The van der Waals surface area contributed by atoms with Crippen molar-refractivity contribution in [1.29, 1.82) is 0 Å². The lowest BCUT2D eigenvalue weighted by Crippen LogP contribution is -1.92. The van der Waals surface area contributed by atoms with Gasteiger partial charge in [-0.1, -0.05) is 12.1 Å². The number of hydrogen-bond donors (Lipinski definition) is 1. The number of aryl methyl sites for hydroxylation is 2.